The molecule has 1 N–H and O–H groups in total. The minimum absolute atomic E-state index is 0.0813. The molecule has 1 aliphatic rings. The van der Waals surface area contributed by atoms with Crippen LogP contribution in [-0.4, -0.2) is 34.4 Å². The molecule has 20 heavy (non-hydrogen) atoms. The predicted octanol–water partition coefficient (Wildman–Crippen LogP) is 2.56. The number of carbonyl (C=O) groups excluding carboxylic acids is 1. The highest BCUT2D eigenvalue weighted by atomic mass is 32.1. The molecule has 6 heteroatoms. The van der Waals surface area contributed by atoms with E-state index in [0.29, 0.717) is 4.88 Å². The summed E-state index contributed by atoms with van der Waals surface area (Å²) in [5.74, 6) is 0.914. The Hall–Kier alpha value is -1.95. The summed E-state index contributed by atoms with van der Waals surface area (Å²) >= 11 is 1.40. The first-order valence-electron chi connectivity index (χ1n) is 6.63. The Kier molecular flexibility index (Phi) is 3.64. The lowest BCUT2D eigenvalue weighted by Crippen LogP contribution is -2.30. The summed E-state index contributed by atoms with van der Waals surface area (Å²) in [4.78, 5) is 23.4. The topological polar surface area (TPSA) is 58.1 Å². The second-order valence-electron chi connectivity index (χ2n) is 4.75. The highest BCUT2D eigenvalue weighted by Gasteiger charge is 2.31. The number of amides is 1. The van der Waals surface area contributed by atoms with Gasteiger partial charge in [0.2, 0.25) is 0 Å². The normalized spacial score (nSPS) is 18.2. The zero-order valence-corrected chi connectivity index (χ0v) is 12.1. The number of hydrogen-bond donors (Lipinski definition) is 1. The van der Waals surface area contributed by atoms with Gasteiger partial charge in [-0.15, -0.1) is 11.3 Å². The molecular weight excluding hydrogens is 272 g/mol. The van der Waals surface area contributed by atoms with E-state index in [1.165, 1.54) is 11.3 Å². The fraction of sp³-hybridized carbons (Fsp3) is 0.357. The van der Waals surface area contributed by atoms with Crippen molar-refractivity contribution < 1.29 is 4.79 Å². The maximum Gasteiger partial charge on any atom is 0.266 e. The molecule has 2 aromatic heterocycles. The first-order valence-corrected chi connectivity index (χ1v) is 7.50. The van der Waals surface area contributed by atoms with Gasteiger partial charge in [0.05, 0.1) is 17.7 Å². The van der Waals surface area contributed by atoms with Gasteiger partial charge >= 0.3 is 0 Å². The van der Waals surface area contributed by atoms with Gasteiger partial charge in [-0.2, -0.15) is 0 Å². The summed E-state index contributed by atoms with van der Waals surface area (Å²) < 4.78 is 0. The molecule has 0 spiro atoms. The van der Waals surface area contributed by atoms with Crippen LogP contribution in [0.4, 0.5) is 5.82 Å². The smallest absolute Gasteiger partial charge is 0.266 e. The Morgan fingerprint density at radius 3 is 3.20 bits per heavy atom. The average Bonchev–Trinajstić information content (AvgIpc) is 3.17. The molecule has 1 aliphatic heterocycles. The zero-order chi connectivity index (χ0) is 13.9. The molecule has 3 heterocycles. The number of anilines is 1. The standard InChI is InChI=1S/C14H16N4OS/c1-15-13-7-10(4-5-17-13)11-3-2-6-18(11)14(19)12-8-16-9-20-12/h4-5,7-9,11H,2-3,6H2,1H3,(H,15,17)/t11-/m1/s1. The van der Waals surface area contributed by atoms with Crippen LogP contribution >= 0.6 is 11.3 Å². The van der Waals surface area contributed by atoms with E-state index < -0.39 is 0 Å². The molecule has 3 rings (SSSR count). The van der Waals surface area contributed by atoms with Crippen molar-refractivity contribution in [2.24, 2.45) is 0 Å². The Morgan fingerprint density at radius 2 is 2.45 bits per heavy atom. The number of likely N-dealkylation sites (tertiary alicyclic amines) is 1. The van der Waals surface area contributed by atoms with Crippen molar-refractivity contribution in [3.8, 4) is 0 Å². The van der Waals surface area contributed by atoms with E-state index in [4.69, 9.17) is 0 Å². The first kappa shape index (κ1) is 13.1. The molecule has 0 unspecified atom stereocenters. The van der Waals surface area contributed by atoms with Crippen molar-refractivity contribution in [3.05, 3.63) is 40.5 Å². The number of aromatic nitrogens is 2. The molecule has 104 valence electrons. The maximum absolute atomic E-state index is 12.5. The van der Waals surface area contributed by atoms with Gasteiger partial charge in [-0.05, 0) is 30.5 Å². The molecule has 0 aromatic carbocycles. The number of hydrogen-bond acceptors (Lipinski definition) is 5. The average molecular weight is 288 g/mol. The van der Waals surface area contributed by atoms with Gasteiger partial charge < -0.3 is 10.2 Å². The van der Waals surface area contributed by atoms with E-state index >= 15 is 0 Å². The van der Waals surface area contributed by atoms with Crippen LogP contribution in [-0.2, 0) is 0 Å². The number of pyridine rings is 1. The van der Waals surface area contributed by atoms with Gasteiger partial charge in [0.25, 0.3) is 5.91 Å². The SMILES string of the molecule is CNc1cc([C@H]2CCCN2C(=O)c2cncs2)ccn1. The first-order chi connectivity index (χ1) is 9.79. The van der Waals surface area contributed by atoms with Crippen LogP contribution in [0.1, 0.15) is 34.1 Å². The summed E-state index contributed by atoms with van der Waals surface area (Å²) in [6, 6.07) is 4.15. The van der Waals surface area contributed by atoms with Crippen molar-refractivity contribution >= 4 is 23.1 Å². The van der Waals surface area contributed by atoms with Gasteiger partial charge in [-0.25, -0.2) is 4.98 Å². The summed E-state index contributed by atoms with van der Waals surface area (Å²) in [6.07, 6.45) is 5.47. The maximum atomic E-state index is 12.5. The third kappa shape index (κ3) is 2.38. The van der Waals surface area contributed by atoms with Crippen LogP contribution in [0.3, 0.4) is 0 Å². The lowest BCUT2D eigenvalue weighted by molar-refractivity contribution is 0.0740. The molecule has 2 aromatic rings. The largest absolute Gasteiger partial charge is 0.373 e. The molecule has 1 atom stereocenters. The van der Waals surface area contributed by atoms with Crippen molar-refractivity contribution in [2.45, 2.75) is 18.9 Å². The minimum Gasteiger partial charge on any atom is -0.373 e. The second kappa shape index (κ2) is 5.58. The van der Waals surface area contributed by atoms with Gasteiger partial charge in [0, 0.05) is 19.8 Å². The van der Waals surface area contributed by atoms with E-state index in [1.807, 2.05) is 24.1 Å². The molecule has 5 nitrogen and oxygen atoms in total. The van der Waals surface area contributed by atoms with Gasteiger partial charge in [0.1, 0.15) is 10.7 Å². The third-order valence-electron chi connectivity index (χ3n) is 3.58. The lowest BCUT2D eigenvalue weighted by Gasteiger charge is -2.24. The number of thiazole rings is 1. The van der Waals surface area contributed by atoms with Crippen LogP contribution in [0.15, 0.2) is 30.0 Å². The van der Waals surface area contributed by atoms with E-state index in [2.05, 4.69) is 15.3 Å². The number of nitrogens with zero attached hydrogens (tertiary/aromatic N) is 3. The van der Waals surface area contributed by atoms with Crippen molar-refractivity contribution in [1.82, 2.24) is 14.9 Å². The molecule has 1 fully saturated rings. The zero-order valence-electron chi connectivity index (χ0n) is 11.2. The summed E-state index contributed by atoms with van der Waals surface area (Å²) in [5, 5.41) is 3.04. The molecule has 1 amide bonds. The minimum atomic E-state index is 0.0813. The Bertz CT molecular complexity index is 599. The summed E-state index contributed by atoms with van der Waals surface area (Å²) in [5.41, 5.74) is 2.84. The summed E-state index contributed by atoms with van der Waals surface area (Å²) in [6.45, 7) is 0.804. The molecule has 0 saturated carbocycles. The van der Waals surface area contributed by atoms with E-state index in [0.717, 1.165) is 30.8 Å². The van der Waals surface area contributed by atoms with E-state index in [-0.39, 0.29) is 11.9 Å². The fourth-order valence-corrected chi connectivity index (χ4v) is 3.19. The van der Waals surface area contributed by atoms with E-state index in [9.17, 15) is 4.79 Å². The van der Waals surface area contributed by atoms with Crippen LogP contribution in [0.5, 0.6) is 0 Å². The Labute approximate surface area is 121 Å². The van der Waals surface area contributed by atoms with Crippen LogP contribution in [0, 0.1) is 0 Å². The third-order valence-corrected chi connectivity index (χ3v) is 4.34. The lowest BCUT2D eigenvalue weighted by atomic mass is 10.1. The molecule has 0 aliphatic carbocycles. The van der Waals surface area contributed by atoms with Crippen molar-refractivity contribution in [2.75, 3.05) is 18.9 Å². The van der Waals surface area contributed by atoms with Gasteiger partial charge in [-0.1, -0.05) is 0 Å². The number of rotatable bonds is 3. The summed E-state index contributed by atoms with van der Waals surface area (Å²) in [7, 11) is 1.85. The van der Waals surface area contributed by atoms with Gasteiger partial charge in [-0.3, -0.25) is 9.78 Å². The number of carbonyl (C=O) groups is 1. The fourth-order valence-electron chi connectivity index (χ4n) is 2.61. The molecule has 0 radical (unpaired) electrons. The molecule has 1 saturated heterocycles. The monoisotopic (exact) mass is 288 g/mol. The van der Waals surface area contributed by atoms with E-state index in [1.54, 1.807) is 17.9 Å². The van der Waals surface area contributed by atoms with Crippen LogP contribution in [0.25, 0.3) is 0 Å². The Morgan fingerprint density at radius 1 is 1.55 bits per heavy atom. The molecular formula is C14H16N4OS. The highest BCUT2D eigenvalue weighted by Crippen LogP contribution is 2.34. The highest BCUT2D eigenvalue weighted by molar-refractivity contribution is 7.11. The second-order valence-corrected chi connectivity index (χ2v) is 5.63. The van der Waals surface area contributed by atoms with Crippen molar-refractivity contribution in [1.29, 1.82) is 0 Å². The quantitative estimate of drug-likeness (QED) is 0.943. The van der Waals surface area contributed by atoms with Gasteiger partial charge in [0.15, 0.2) is 0 Å². The Balaban J connectivity index is 1.86. The predicted molar refractivity (Wildman–Crippen MR) is 78.9 cm³/mol. The van der Waals surface area contributed by atoms with Crippen LogP contribution in [0.2, 0.25) is 0 Å². The number of nitrogens with one attached hydrogen (secondary N) is 1. The molecule has 0 bridgehead atoms. The van der Waals surface area contributed by atoms with Crippen LogP contribution < -0.4 is 5.32 Å². The van der Waals surface area contributed by atoms with Crippen molar-refractivity contribution in [3.63, 3.8) is 0 Å².